The van der Waals surface area contributed by atoms with Gasteiger partial charge in [0.2, 0.25) is 5.91 Å². The topological polar surface area (TPSA) is 55.4 Å². The highest BCUT2D eigenvalue weighted by molar-refractivity contribution is 5.92. The van der Waals surface area contributed by atoms with Crippen LogP contribution in [0.15, 0.2) is 60.7 Å². The van der Waals surface area contributed by atoms with Crippen LogP contribution in [-0.4, -0.2) is 18.5 Å². The first-order valence-electron chi connectivity index (χ1n) is 9.42. The van der Waals surface area contributed by atoms with Crippen LogP contribution < -0.4 is 5.32 Å². The van der Waals surface area contributed by atoms with E-state index in [2.05, 4.69) is 11.9 Å². The van der Waals surface area contributed by atoms with E-state index in [1.165, 1.54) is 6.07 Å². The smallest absolute Gasteiger partial charge is 0.313 e. The van der Waals surface area contributed by atoms with Crippen molar-refractivity contribution in [1.82, 2.24) is 0 Å². The van der Waals surface area contributed by atoms with Crippen LogP contribution in [0.25, 0.3) is 0 Å². The third kappa shape index (κ3) is 3.44. The second-order valence-corrected chi connectivity index (χ2v) is 7.77. The Morgan fingerprint density at radius 2 is 1.96 bits per heavy atom. The first kappa shape index (κ1) is 18.4. The second-order valence-electron chi connectivity index (χ2n) is 7.77. The van der Waals surface area contributed by atoms with Gasteiger partial charge in [-0.2, -0.15) is 0 Å². The van der Waals surface area contributed by atoms with Crippen LogP contribution in [0.1, 0.15) is 24.0 Å². The van der Waals surface area contributed by atoms with E-state index in [1.54, 1.807) is 18.2 Å². The molecule has 0 bridgehead atoms. The first-order valence-corrected chi connectivity index (χ1v) is 9.42. The molecule has 28 heavy (non-hydrogen) atoms. The van der Waals surface area contributed by atoms with Crippen molar-refractivity contribution in [1.29, 1.82) is 0 Å². The fourth-order valence-electron chi connectivity index (χ4n) is 4.35. The average Bonchev–Trinajstić information content (AvgIpc) is 3.13. The molecule has 2 unspecified atom stereocenters. The number of carbonyl (C=O) groups excluding carboxylic acids is 2. The van der Waals surface area contributed by atoms with E-state index in [9.17, 15) is 14.0 Å². The first-order chi connectivity index (χ1) is 13.5. The summed E-state index contributed by atoms with van der Waals surface area (Å²) in [4.78, 5) is 24.6. The Bertz CT molecular complexity index is 937. The Morgan fingerprint density at radius 1 is 1.21 bits per heavy atom. The van der Waals surface area contributed by atoms with Crippen molar-refractivity contribution in [3.05, 3.63) is 77.6 Å². The van der Waals surface area contributed by atoms with Crippen molar-refractivity contribution >= 4 is 17.6 Å². The monoisotopic (exact) mass is 379 g/mol. The quantitative estimate of drug-likeness (QED) is 0.630. The van der Waals surface area contributed by atoms with Crippen LogP contribution in [0.5, 0.6) is 0 Å². The van der Waals surface area contributed by atoms with Gasteiger partial charge in [-0.05, 0) is 48.6 Å². The molecule has 2 fully saturated rings. The van der Waals surface area contributed by atoms with Crippen LogP contribution in [0.3, 0.4) is 0 Å². The number of cyclic esters (lactones) is 1. The van der Waals surface area contributed by atoms with Gasteiger partial charge in [-0.3, -0.25) is 9.59 Å². The molecule has 4 nitrogen and oxygen atoms in total. The van der Waals surface area contributed by atoms with Crippen molar-refractivity contribution < 1.29 is 18.7 Å². The summed E-state index contributed by atoms with van der Waals surface area (Å²) in [5.74, 6) is -0.586. The third-order valence-corrected chi connectivity index (χ3v) is 5.77. The molecule has 1 N–H and O–H groups in total. The number of anilines is 1. The number of allylic oxidation sites excluding steroid dienone is 1. The van der Waals surface area contributed by atoms with Crippen molar-refractivity contribution in [3.63, 3.8) is 0 Å². The number of hydrogen-bond donors (Lipinski definition) is 1. The van der Waals surface area contributed by atoms with Gasteiger partial charge in [-0.1, -0.05) is 42.5 Å². The molecule has 1 aliphatic heterocycles. The number of amides is 1. The zero-order chi connectivity index (χ0) is 19.7. The molecule has 2 aliphatic rings. The van der Waals surface area contributed by atoms with E-state index in [-0.39, 0.29) is 30.0 Å². The van der Waals surface area contributed by atoms with Crippen molar-refractivity contribution in [2.24, 2.45) is 11.3 Å². The predicted octanol–water partition coefficient (Wildman–Crippen LogP) is 4.06. The van der Waals surface area contributed by atoms with E-state index in [0.717, 1.165) is 17.6 Å². The summed E-state index contributed by atoms with van der Waals surface area (Å²) in [7, 11) is 0. The highest BCUT2D eigenvalue weighted by Gasteiger charge is 2.55. The molecule has 0 spiro atoms. The maximum absolute atomic E-state index is 13.7. The highest BCUT2D eigenvalue weighted by atomic mass is 19.1. The minimum atomic E-state index is -0.493. The summed E-state index contributed by atoms with van der Waals surface area (Å²) >= 11 is 0. The average molecular weight is 379 g/mol. The van der Waals surface area contributed by atoms with E-state index in [4.69, 9.17) is 4.74 Å². The summed E-state index contributed by atoms with van der Waals surface area (Å²) in [6.45, 7) is 4.54. The van der Waals surface area contributed by atoms with E-state index in [0.29, 0.717) is 30.7 Å². The number of hydrogen-bond acceptors (Lipinski definition) is 3. The molecule has 2 atom stereocenters. The zero-order valence-electron chi connectivity index (χ0n) is 15.5. The third-order valence-electron chi connectivity index (χ3n) is 5.77. The molecule has 0 aromatic heterocycles. The standard InChI is InChI=1S/C23H22FNO3/c1-15-10-18-14-28-22(27)23(18,12-15)13-16-6-8-19(9-7-16)25-21(26)11-17-4-2-3-5-20(17)24/h2-9,18H,1,10-14H2,(H,25,26). The van der Waals surface area contributed by atoms with Crippen LogP contribution >= 0.6 is 0 Å². The Morgan fingerprint density at radius 3 is 2.71 bits per heavy atom. The molecule has 5 heteroatoms. The van der Waals surface area contributed by atoms with Gasteiger partial charge in [0.15, 0.2) is 0 Å². The molecule has 1 heterocycles. The van der Waals surface area contributed by atoms with Crippen LogP contribution in [0, 0.1) is 17.2 Å². The number of halogens is 1. The molecule has 2 aromatic carbocycles. The van der Waals surface area contributed by atoms with Crippen molar-refractivity contribution in [2.45, 2.75) is 25.7 Å². The number of nitrogens with one attached hydrogen (secondary N) is 1. The van der Waals surface area contributed by atoms with Gasteiger partial charge in [0, 0.05) is 11.6 Å². The number of rotatable bonds is 5. The van der Waals surface area contributed by atoms with E-state index < -0.39 is 5.41 Å². The predicted molar refractivity (Wildman–Crippen MR) is 104 cm³/mol. The summed E-state index contributed by atoms with van der Waals surface area (Å²) in [5.41, 5.74) is 2.64. The Balaban J connectivity index is 1.42. The van der Waals surface area contributed by atoms with Crippen LogP contribution in [0.2, 0.25) is 0 Å². The number of benzene rings is 2. The zero-order valence-corrected chi connectivity index (χ0v) is 15.5. The van der Waals surface area contributed by atoms with Gasteiger partial charge in [0.25, 0.3) is 0 Å². The molecular weight excluding hydrogens is 357 g/mol. The lowest BCUT2D eigenvalue weighted by atomic mass is 9.75. The Hall–Kier alpha value is -2.95. The van der Waals surface area contributed by atoms with Gasteiger partial charge < -0.3 is 10.1 Å². The van der Waals surface area contributed by atoms with Gasteiger partial charge in [-0.15, -0.1) is 0 Å². The molecule has 2 aromatic rings. The van der Waals surface area contributed by atoms with Crippen LogP contribution in [0.4, 0.5) is 10.1 Å². The Kier molecular flexibility index (Phi) is 4.75. The SMILES string of the molecule is C=C1CC2COC(=O)C2(Cc2ccc(NC(=O)Cc3ccccc3F)cc2)C1. The van der Waals surface area contributed by atoms with Crippen molar-refractivity contribution in [3.8, 4) is 0 Å². The Labute approximate surface area is 163 Å². The molecule has 1 amide bonds. The maximum Gasteiger partial charge on any atom is 0.313 e. The summed E-state index contributed by atoms with van der Waals surface area (Å²) in [5, 5.41) is 2.79. The van der Waals surface area contributed by atoms with E-state index in [1.807, 2.05) is 24.3 Å². The lowest BCUT2D eigenvalue weighted by molar-refractivity contribution is -0.146. The van der Waals surface area contributed by atoms with Gasteiger partial charge in [-0.25, -0.2) is 4.39 Å². The van der Waals surface area contributed by atoms with E-state index >= 15 is 0 Å². The second kappa shape index (κ2) is 7.23. The number of fused-ring (bicyclic) bond motifs is 1. The highest BCUT2D eigenvalue weighted by Crippen LogP contribution is 2.52. The largest absolute Gasteiger partial charge is 0.465 e. The lowest BCUT2D eigenvalue weighted by Crippen LogP contribution is -2.31. The van der Waals surface area contributed by atoms with Gasteiger partial charge >= 0.3 is 5.97 Å². The molecule has 4 rings (SSSR count). The normalized spacial score (nSPS) is 23.4. The fourth-order valence-corrected chi connectivity index (χ4v) is 4.35. The molecule has 144 valence electrons. The lowest BCUT2D eigenvalue weighted by Gasteiger charge is -2.24. The molecule has 1 saturated carbocycles. The molecule has 1 aliphatic carbocycles. The van der Waals surface area contributed by atoms with Crippen molar-refractivity contribution in [2.75, 3.05) is 11.9 Å². The molecule has 1 saturated heterocycles. The summed E-state index contributed by atoms with van der Waals surface area (Å²) in [6, 6.07) is 13.7. The number of esters is 1. The fraction of sp³-hybridized carbons (Fsp3) is 0.304. The maximum atomic E-state index is 13.7. The molecular formula is C23H22FNO3. The number of carbonyl (C=O) groups is 2. The van der Waals surface area contributed by atoms with Crippen LogP contribution in [-0.2, 0) is 27.2 Å². The molecule has 0 radical (unpaired) electrons. The minimum absolute atomic E-state index is 0.0207. The summed E-state index contributed by atoms with van der Waals surface area (Å²) in [6.07, 6.45) is 2.11. The van der Waals surface area contributed by atoms with Gasteiger partial charge in [0.1, 0.15) is 5.82 Å². The minimum Gasteiger partial charge on any atom is -0.465 e. The number of ether oxygens (including phenoxy) is 1. The summed E-state index contributed by atoms with van der Waals surface area (Å²) < 4.78 is 19.0. The van der Waals surface area contributed by atoms with Gasteiger partial charge in [0.05, 0.1) is 18.4 Å².